The van der Waals surface area contributed by atoms with E-state index >= 15 is 0 Å². The van der Waals surface area contributed by atoms with E-state index in [4.69, 9.17) is 29.4 Å². The van der Waals surface area contributed by atoms with E-state index in [0.717, 1.165) is 58.0 Å². The van der Waals surface area contributed by atoms with Crippen molar-refractivity contribution in [1.82, 2.24) is 24.8 Å². The summed E-state index contributed by atoms with van der Waals surface area (Å²) < 4.78 is 16.1. The normalized spacial score (nSPS) is 17.7. The number of amides is 1. The summed E-state index contributed by atoms with van der Waals surface area (Å²) in [7, 11) is 0. The standard InChI is InChI=1S/C41H53N7O3S/c1-26(2)50-23-30-14-10-12-27(3)35(30)36-28(4)37-45-39(44-36)46-52-33-15-11-13-29(18-33)38(49)48(31(24-51-37)19-40(5,6)7)22-34-42-20-32(21-43-34)47-17-16-41(8,9)25-47/h10-15,18,20-21,26,31H,16-17,19,22-25H2,1-9H3,(H,44,45,46)/t31-/m1/s1. The van der Waals surface area contributed by atoms with Gasteiger partial charge in [-0.15, -0.1) is 0 Å². The Balaban J connectivity index is 1.40. The van der Waals surface area contributed by atoms with Crippen LogP contribution in [-0.2, 0) is 17.9 Å². The number of carbonyl (C=O) groups is 1. The molecule has 11 heteroatoms. The molecule has 1 amide bonds. The van der Waals surface area contributed by atoms with Crippen LogP contribution in [0.15, 0.2) is 59.8 Å². The van der Waals surface area contributed by atoms with Crippen LogP contribution in [0.25, 0.3) is 11.3 Å². The van der Waals surface area contributed by atoms with Gasteiger partial charge in [0, 0.05) is 34.7 Å². The molecule has 0 unspecified atom stereocenters. The smallest absolute Gasteiger partial charge is 0.254 e. The molecule has 2 aromatic carbocycles. The minimum absolute atomic E-state index is 0.0869. The molecule has 4 heterocycles. The molecule has 4 bridgehead atoms. The number of hydrogen-bond donors (Lipinski definition) is 1. The summed E-state index contributed by atoms with van der Waals surface area (Å²) in [6, 6.07) is 13.6. The van der Waals surface area contributed by atoms with E-state index in [0.29, 0.717) is 36.2 Å². The van der Waals surface area contributed by atoms with Crippen molar-refractivity contribution in [3.8, 4) is 17.1 Å². The average molecular weight is 724 g/mol. The number of fused-ring (bicyclic) bond motifs is 4. The van der Waals surface area contributed by atoms with Crippen LogP contribution in [0.4, 0.5) is 11.6 Å². The van der Waals surface area contributed by atoms with Crippen LogP contribution in [0.1, 0.15) is 94.2 Å². The highest BCUT2D eigenvalue weighted by Gasteiger charge is 2.33. The number of hydrogen-bond acceptors (Lipinski definition) is 10. The number of aromatic nitrogens is 4. The van der Waals surface area contributed by atoms with E-state index in [2.05, 4.69) is 69.4 Å². The van der Waals surface area contributed by atoms with Gasteiger partial charge in [0.25, 0.3) is 5.91 Å². The zero-order chi connectivity index (χ0) is 37.2. The highest BCUT2D eigenvalue weighted by Crippen LogP contribution is 2.36. The minimum atomic E-state index is -0.310. The first-order valence-corrected chi connectivity index (χ1v) is 19.1. The van der Waals surface area contributed by atoms with Crippen LogP contribution >= 0.6 is 11.9 Å². The van der Waals surface area contributed by atoms with Crippen LogP contribution in [-0.4, -0.2) is 62.6 Å². The van der Waals surface area contributed by atoms with Crippen LogP contribution in [0, 0.1) is 24.7 Å². The molecular weight excluding hydrogens is 671 g/mol. The van der Waals surface area contributed by atoms with Gasteiger partial charge >= 0.3 is 0 Å². The molecule has 1 fully saturated rings. The first-order chi connectivity index (χ1) is 24.7. The maximum Gasteiger partial charge on any atom is 0.254 e. The Labute approximate surface area is 313 Å². The Hall–Kier alpha value is -4.22. The highest BCUT2D eigenvalue weighted by atomic mass is 32.2. The third-order valence-electron chi connectivity index (χ3n) is 9.62. The molecule has 0 aliphatic carbocycles. The fourth-order valence-electron chi connectivity index (χ4n) is 6.92. The van der Waals surface area contributed by atoms with Gasteiger partial charge in [-0.05, 0) is 92.6 Å². The highest BCUT2D eigenvalue weighted by molar-refractivity contribution is 8.00. The Bertz CT molecular complexity index is 1890. The SMILES string of the molecule is Cc1cccc(COC(C)C)c1-c1nc2nc(c1C)OC[C@@H](CC(C)(C)C)N(Cc1ncc(N3CCC(C)(C)C3)cn1)C(=O)c1cccc(c1)SN2. The van der Waals surface area contributed by atoms with Crippen LogP contribution < -0.4 is 14.4 Å². The predicted octanol–water partition coefficient (Wildman–Crippen LogP) is 8.67. The maximum absolute atomic E-state index is 14.6. The van der Waals surface area contributed by atoms with E-state index in [1.807, 2.05) is 62.3 Å². The molecule has 1 saturated heterocycles. The van der Waals surface area contributed by atoms with Gasteiger partial charge in [0.2, 0.25) is 11.8 Å². The lowest BCUT2D eigenvalue weighted by molar-refractivity contribution is 0.0504. The molecule has 52 heavy (non-hydrogen) atoms. The van der Waals surface area contributed by atoms with Gasteiger partial charge in [0.15, 0.2) is 0 Å². The summed E-state index contributed by atoms with van der Waals surface area (Å²) in [4.78, 5) is 39.2. The van der Waals surface area contributed by atoms with Crippen molar-refractivity contribution < 1.29 is 14.3 Å². The van der Waals surface area contributed by atoms with E-state index < -0.39 is 0 Å². The zero-order valence-electron chi connectivity index (χ0n) is 32.1. The Morgan fingerprint density at radius 3 is 2.52 bits per heavy atom. The van der Waals surface area contributed by atoms with E-state index in [9.17, 15) is 4.79 Å². The Kier molecular flexibility index (Phi) is 11.1. The lowest BCUT2D eigenvalue weighted by atomic mass is 9.87. The number of ether oxygens (including phenoxy) is 2. The third-order valence-corrected chi connectivity index (χ3v) is 10.4. The monoisotopic (exact) mass is 723 g/mol. The van der Waals surface area contributed by atoms with Crippen molar-refractivity contribution in [3.63, 3.8) is 0 Å². The molecule has 2 aliphatic rings. The summed E-state index contributed by atoms with van der Waals surface area (Å²) in [5, 5.41) is 0. The number of rotatable bonds is 8. The number of carbonyl (C=O) groups excluding carboxylic acids is 1. The van der Waals surface area contributed by atoms with Gasteiger partial charge in [0.05, 0.1) is 49.1 Å². The molecule has 4 aromatic rings. The lowest BCUT2D eigenvalue weighted by Crippen LogP contribution is -2.45. The van der Waals surface area contributed by atoms with Crippen LogP contribution in [0.2, 0.25) is 0 Å². The fraction of sp³-hybridized carbons (Fsp3) is 0.488. The number of nitrogens with one attached hydrogen (secondary N) is 1. The van der Waals surface area contributed by atoms with E-state index in [-0.39, 0.29) is 42.0 Å². The summed E-state index contributed by atoms with van der Waals surface area (Å²) in [6.45, 7) is 22.2. The molecule has 10 nitrogen and oxygen atoms in total. The number of benzene rings is 2. The number of aryl methyl sites for hydroxylation is 1. The molecule has 2 aliphatic heterocycles. The number of nitrogens with zero attached hydrogens (tertiary/aromatic N) is 6. The minimum Gasteiger partial charge on any atom is -0.475 e. The number of anilines is 2. The van der Waals surface area contributed by atoms with Crippen molar-refractivity contribution in [3.05, 3.63) is 82.9 Å². The van der Waals surface area contributed by atoms with E-state index in [1.165, 1.54) is 11.9 Å². The van der Waals surface area contributed by atoms with Crippen LogP contribution in [0.3, 0.4) is 0 Å². The van der Waals surface area contributed by atoms with Crippen molar-refractivity contribution in [2.24, 2.45) is 10.8 Å². The Morgan fingerprint density at radius 1 is 1.08 bits per heavy atom. The molecule has 1 atom stereocenters. The molecular formula is C41H53N7O3S. The van der Waals surface area contributed by atoms with Crippen molar-refractivity contribution in [1.29, 1.82) is 0 Å². The van der Waals surface area contributed by atoms with Gasteiger partial charge in [-0.2, -0.15) is 4.98 Å². The van der Waals surface area contributed by atoms with E-state index in [1.54, 1.807) is 0 Å². The summed E-state index contributed by atoms with van der Waals surface area (Å²) >= 11 is 1.36. The molecule has 0 radical (unpaired) electrons. The van der Waals surface area contributed by atoms with Gasteiger partial charge in [-0.3, -0.25) is 9.52 Å². The second-order valence-electron chi connectivity index (χ2n) is 16.4. The quantitative estimate of drug-likeness (QED) is 0.178. The summed E-state index contributed by atoms with van der Waals surface area (Å²) in [5.41, 5.74) is 6.49. The average Bonchev–Trinajstić information content (AvgIpc) is 3.46. The second kappa shape index (κ2) is 15.4. The largest absolute Gasteiger partial charge is 0.475 e. The first kappa shape index (κ1) is 37.5. The van der Waals surface area contributed by atoms with Crippen molar-refractivity contribution >= 4 is 29.5 Å². The summed E-state index contributed by atoms with van der Waals surface area (Å²) in [6.07, 6.45) is 5.69. The van der Waals surface area contributed by atoms with Gasteiger partial charge in [-0.25, -0.2) is 15.0 Å². The first-order valence-electron chi connectivity index (χ1n) is 18.3. The maximum atomic E-state index is 14.6. The molecule has 0 saturated carbocycles. The second-order valence-corrected chi connectivity index (χ2v) is 17.3. The third kappa shape index (κ3) is 9.04. The zero-order valence-corrected chi connectivity index (χ0v) is 32.9. The predicted molar refractivity (Wildman–Crippen MR) is 209 cm³/mol. The molecule has 1 N–H and O–H groups in total. The molecule has 0 spiro atoms. The van der Waals surface area contributed by atoms with Gasteiger partial charge in [-0.1, -0.05) is 58.9 Å². The molecule has 2 aromatic heterocycles. The Morgan fingerprint density at radius 2 is 1.83 bits per heavy atom. The topological polar surface area (TPSA) is 106 Å². The van der Waals surface area contributed by atoms with Crippen LogP contribution in [0.5, 0.6) is 5.88 Å². The lowest BCUT2D eigenvalue weighted by Gasteiger charge is -2.35. The van der Waals surface area contributed by atoms with Crippen molar-refractivity contribution in [2.45, 2.75) is 105 Å². The van der Waals surface area contributed by atoms with Gasteiger partial charge in [0.1, 0.15) is 12.4 Å². The fourth-order valence-corrected chi connectivity index (χ4v) is 7.55. The van der Waals surface area contributed by atoms with Crippen molar-refractivity contribution in [2.75, 3.05) is 29.3 Å². The van der Waals surface area contributed by atoms with Gasteiger partial charge < -0.3 is 19.3 Å². The summed E-state index contributed by atoms with van der Waals surface area (Å²) in [5.74, 6) is 1.39. The molecule has 6 rings (SSSR count). The molecule has 276 valence electrons.